The van der Waals surface area contributed by atoms with Gasteiger partial charge in [-0.15, -0.1) is 16.4 Å². The van der Waals surface area contributed by atoms with Crippen LogP contribution in [0.15, 0.2) is 6.20 Å². The first-order chi connectivity index (χ1) is 10.6. The molecule has 0 spiro atoms. The average Bonchev–Trinajstić information content (AvgIpc) is 3.18. The highest BCUT2D eigenvalue weighted by Gasteiger charge is 2.16. The van der Waals surface area contributed by atoms with Crippen LogP contribution in [0, 0.1) is 12.8 Å². The second kappa shape index (κ2) is 6.37. The smallest absolute Gasteiger partial charge is 0.355 e. The predicted molar refractivity (Wildman–Crippen MR) is 81.7 cm³/mol. The van der Waals surface area contributed by atoms with Gasteiger partial charge in [0.15, 0.2) is 5.69 Å². The number of carbonyl (C=O) groups is 1. The van der Waals surface area contributed by atoms with E-state index in [0.29, 0.717) is 15.8 Å². The molecule has 7 nitrogen and oxygen atoms in total. The third-order valence-corrected chi connectivity index (χ3v) is 4.37. The molecular weight excluding hydrogens is 304 g/mol. The largest absolute Gasteiger partial charge is 0.476 e. The van der Waals surface area contributed by atoms with Crippen molar-refractivity contribution in [1.82, 2.24) is 20.0 Å². The Hall–Kier alpha value is -2.06. The van der Waals surface area contributed by atoms with Gasteiger partial charge < -0.3 is 9.84 Å². The summed E-state index contributed by atoms with van der Waals surface area (Å²) < 4.78 is 7.16. The first-order valence-electron chi connectivity index (χ1n) is 6.98. The number of nitrogens with zero attached hydrogens (tertiary/aromatic N) is 4. The van der Waals surface area contributed by atoms with E-state index in [-0.39, 0.29) is 5.69 Å². The Kier molecular flexibility index (Phi) is 4.30. The highest BCUT2D eigenvalue weighted by molar-refractivity contribution is 7.12. The van der Waals surface area contributed by atoms with Gasteiger partial charge in [0.25, 0.3) is 0 Å². The van der Waals surface area contributed by atoms with E-state index in [0.717, 1.165) is 31.9 Å². The molecule has 0 amide bonds. The third-order valence-electron chi connectivity index (χ3n) is 3.44. The number of hydrogen-bond acceptors (Lipinski definition) is 6. The standard InChI is InChI=1S/C14H16N4O3S/c1-9-13(14(19)20)15-12(22-9)3-2-11-7-18(17-16-11)6-10-4-5-21-8-10/h2-3,7,10H,4-6,8H2,1H3,(H,19,20)/b3-2+. The number of aromatic nitrogens is 4. The third kappa shape index (κ3) is 3.40. The number of thiazole rings is 1. The molecule has 22 heavy (non-hydrogen) atoms. The number of ether oxygens (including phenoxy) is 1. The molecular formula is C14H16N4O3S. The van der Waals surface area contributed by atoms with Gasteiger partial charge in [-0.05, 0) is 25.5 Å². The van der Waals surface area contributed by atoms with Crippen LogP contribution in [-0.2, 0) is 11.3 Å². The zero-order valence-electron chi connectivity index (χ0n) is 12.1. The van der Waals surface area contributed by atoms with Crippen LogP contribution < -0.4 is 0 Å². The minimum absolute atomic E-state index is 0.106. The predicted octanol–water partition coefficient (Wildman–Crippen LogP) is 1.95. The van der Waals surface area contributed by atoms with E-state index in [1.165, 1.54) is 11.3 Å². The van der Waals surface area contributed by atoms with Gasteiger partial charge in [0.1, 0.15) is 10.7 Å². The maximum absolute atomic E-state index is 11.0. The summed E-state index contributed by atoms with van der Waals surface area (Å²) in [7, 11) is 0. The molecule has 1 unspecified atom stereocenters. The molecule has 1 N–H and O–H groups in total. The fourth-order valence-electron chi connectivity index (χ4n) is 2.31. The summed E-state index contributed by atoms with van der Waals surface area (Å²) in [4.78, 5) is 15.7. The average molecular weight is 320 g/mol. The molecule has 0 aliphatic carbocycles. The van der Waals surface area contributed by atoms with E-state index in [9.17, 15) is 4.79 Å². The van der Waals surface area contributed by atoms with Gasteiger partial charge in [0, 0.05) is 23.9 Å². The SMILES string of the molecule is Cc1sc(/C=C/c2cn(CC3CCOC3)nn2)nc1C(=O)O. The fraction of sp³-hybridized carbons (Fsp3) is 0.429. The lowest BCUT2D eigenvalue weighted by molar-refractivity contribution is 0.0690. The minimum Gasteiger partial charge on any atom is -0.476 e. The lowest BCUT2D eigenvalue weighted by Gasteiger charge is -2.05. The molecule has 3 rings (SSSR count). The number of carboxylic acid groups (broad SMARTS) is 1. The second-order valence-corrected chi connectivity index (χ2v) is 6.43. The molecule has 2 aromatic rings. The van der Waals surface area contributed by atoms with Crippen LogP contribution in [-0.4, -0.2) is 44.3 Å². The van der Waals surface area contributed by atoms with Gasteiger partial charge in [0.05, 0.1) is 12.8 Å². The van der Waals surface area contributed by atoms with E-state index in [4.69, 9.17) is 9.84 Å². The topological polar surface area (TPSA) is 90.1 Å². The first-order valence-corrected chi connectivity index (χ1v) is 7.80. The van der Waals surface area contributed by atoms with Gasteiger partial charge in [0.2, 0.25) is 0 Å². The maximum Gasteiger partial charge on any atom is 0.355 e. The van der Waals surface area contributed by atoms with Crippen LogP contribution in [0.25, 0.3) is 12.2 Å². The summed E-state index contributed by atoms with van der Waals surface area (Å²) in [5.41, 5.74) is 0.832. The summed E-state index contributed by atoms with van der Waals surface area (Å²) in [6.07, 6.45) is 6.48. The highest BCUT2D eigenvalue weighted by Crippen LogP contribution is 2.19. The summed E-state index contributed by atoms with van der Waals surface area (Å²) >= 11 is 1.34. The van der Waals surface area contributed by atoms with Crippen molar-refractivity contribution in [2.24, 2.45) is 5.92 Å². The number of rotatable bonds is 5. The molecule has 3 heterocycles. The van der Waals surface area contributed by atoms with Crippen molar-refractivity contribution in [3.8, 4) is 0 Å². The minimum atomic E-state index is -1.00. The number of hydrogen-bond donors (Lipinski definition) is 1. The molecule has 1 atom stereocenters. The Labute approximate surface area is 131 Å². The van der Waals surface area contributed by atoms with E-state index in [1.54, 1.807) is 19.1 Å². The Morgan fingerprint density at radius 2 is 2.45 bits per heavy atom. The maximum atomic E-state index is 11.0. The van der Waals surface area contributed by atoms with E-state index in [2.05, 4.69) is 15.3 Å². The molecule has 0 saturated carbocycles. The van der Waals surface area contributed by atoms with Crippen molar-refractivity contribution in [2.75, 3.05) is 13.2 Å². The molecule has 116 valence electrons. The van der Waals surface area contributed by atoms with Gasteiger partial charge >= 0.3 is 5.97 Å². The lowest BCUT2D eigenvalue weighted by atomic mass is 10.1. The lowest BCUT2D eigenvalue weighted by Crippen LogP contribution is -2.10. The normalized spacial score (nSPS) is 18.3. The molecule has 1 aliphatic rings. The molecule has 0 bridgehead atoms. The zero-order valence-corrected chi connectivity index (χ0v) is 12.9. The monoisotopic (exact) mass is 320 g/mol. The second-order valence-electron chi connectivity index (χ2n) is 5.19. The first kappa shape index (κ1) is 14.9. The molecule has 1 aliphatic heterocycles. The quantitative estimate of drug-likeness (QED) is 0.905. The van der Waals surface area contributed by atoms with Crippen LogP contribution in [0.1, 0.15) is 32.5 Å². The molecule has 1 fully saturated rings. The molecule has 1 saturated heterocycles. The Bertz CT molecular complexity index is 701. The highest BCUT2D eigenvalue weighted by atomic mass is 32.1. The fourth-order valence-corrected chi connectivity index (χ4v) is 3.13. The van der Waals surface area contributed by atoms with Crippen molar-refractivity contribution < 1.29 is 14.6 Å². The van der Waals surface area contributed by atoms with Crippen molar-refractivity contribution in [3.63, 3.8) is 0 Å². The van der Waals surface area contributed by atoms with Crippen LogP contribution in [0.3, 0.4) is 0 Å². The van der Waals surface area contributed by atoms with Crippen molar-refractivity contribution >= 4 is 29.5 Å². The molecule has 8 heteroatoms. The van der Waals surface area contributed by atoms with Crippen LogP contribution in [0.4, 0.5) is 0 Å². The van der Waals surface area contributed by atoms with E-state index < -0.39 is 5.97 Å². The van der Waals surface area contributed by atoms with Crippen molar-refractivity contribution in [2.45, 2.75) is 19.9 Å². The van der Waals surface area contributed by atoms with Crippen LogP contribution >= 0.6 is 11.3 Å². The Morgan fingerprint density at radius 3 is 3.14 bits per heavy atom. The Morgan fingerprint density at radius 1 is 1.59 bits per heavy atom. The molecule has 2 aromatic heterocycles. The zero-order chi connectivity index (χ0) is 15.5. The van der Waals surface area contributed by atoms with E-state index in [1.807, 2.05) is 10.9 Å². The van der Waals surface area contributed by atoms with Crippen molar-refractivity contribution in [1.29, 1.82) is 0 Å². The van der Waals surface area contributed by atoms with Gasteiger partial charge in [-0.1, -0.05) is 5.21 Å². The van der Waals surface area contributed by atoms with Crippen LogP contribution in [0.2, 0.25) is 0 Å². The summed E-state index contributed by atoms with van der Waals surface area (Å²) in [6, 6.07) is 0. The van der Waals surface area contributed by atoms with Gasteiger partial charge in [-0.3, -0.25) is 4.68 Å². The van der Waals surface area contributed by atoms with Crippen LogP contribution in [0.5, 0.6) is 0 Å². The summed E-state index contributed by atoms with van der Waals surface area (Å²) in [5, 5.41) is 17.8. The summed E-state index contributed by atoms with van der Waals surface area (Å²) in [6.45, 7) is 4.15. The van der Waals surface area contributed by atoms with Gasteiger partial charge in [-0.2, -0.15) is 0 Å². The number of carboxylic acids is 1. The van der Waals surface area contributed by atoms with Crippen molar-refractivity contribution in [3.05, 3.63) is 27.5 Å². The number of aromatic carboxylic acids is 1. The molecule has 0 aromatic carbocycles. The van der Waals surface area contributed by atoms with E-state index >= 15 is 0 Å². The van der Waals surface area contributed by atoms with Gasteiger partial charge in [-0.25, -0.2) is 9.78 Å². The summed E-state index contributed by atoms with van der Waals surface area (Å²) in [5.74, 6) is -0.503. The number of aryl methyl sites for hydroxylation is 1. The Balaban J connectivity index is 1.66. The molecule has 0 radical (unpaired) electrons.